The number of nitrogens with zero attached hydrogens (tertiary/aromatic N) is 1. The largest absolute Gasteiger partial charge is 0.497 e. The molecule has 0 aromatic heterocycles. The van der Waals surface area contributed by atoms with Crippen LogP contribution in [0.5, 0.6) is 5.75 Å². The van der Waals surface area contributed by atoms with Crippen molar-refractivity contribution in [3.8, 4) is 5.75 Å². The van der Waals surface area contributed by atoms with Gasteiger partial charge in [0.05, 0.1) is 12.0 Å². The van der Waals surface area contributed by atoms with Gasteiger partial charge in [0.1, 0.15) is 11.6 Å². The highest BCUT2D eigenvalue weighted by molar-refractivity contribution is 7.89. The van der Waals surface area contributed by atoms with Crippen LogP contribution in [0.15, 0.2) is 47.4 Å². The average Bonchev–Trinajstić information content (AvgIpc) is 2.82. The molecule has 1 heterocycles. The summed E-state index contributed by atoms with van der Waals surface area (Å²) in [6, 6.07) is 10.5. The van der Waals surface area contributed by atoms with Crippen LogP contribution in [0, 0.1) is 12.7 Å². The average molecular weight is 492 g/mol. The maximum absolute atomic E-state index is 13.5. The normalized spacial score (nSPS) is 16.6. The molecule has 8 nitrogen and oxygen atoms in total. The van der Waals surface area contributed by atoms with Crippen LogP contribution in [0.25, 0.3) is 0 Å². The lowest BCUT2D eigenvalue weighted by molar-refractivity contribution is -0.139. The van der Waals surface area contributed by atoms with Crippen molar-refractivity contribution < 1.29 is 27.1 Å². The molecule has 184 valence electrons. The van der Waals surface area contributed by atoms with Crippen molar-refractivity contribution in [3.63, 3.8) is 0 Å². The number of piperidine rings is 1. The molecule has 1 atom stereocenters. The highest BCUT2D eigenvalue weighted by Gasteiger charge is 2.34. The number of methoxy groups -OCH3 is 1. The predicted molar refractivity (Wildman–Crippen MR) is 125 cm³/mol. The zero-order valence-electron chi connectivity index (χ0n) is 19.3. The quantitative estimate of drug-likeness (QED) is 0.552. The Morgan fingerprint density at radius 3 is 2.62 bits per heavy atom. The summed E-state index contributed by atoms with van der Waals surface area (Å²) in [5.74, 6) is -1.38. The Morgan fingerprint density at radius 1 is 1.12 bits per heavy atom. The number of ether oxygens (including phenoxy) is 1. The molecule has 2 aromatic carbocycles. The zero-order valence-corrected chi connectivity index (χ0v) is 20.2. The molecule has 0 saturated carbocycles. The van der Waals surface area contributed by atoms with Gasteiger partial charge >= 0.3 is 11.8 Å². The van der Waals surface area contributed by atoms with Crippen LogP contribution < -0.4 is 15.4 Å². The predicted octanol–water partition coefficient (Wildman–Crippen LogP) is 2.51. The molecular weight excluding hydrogens is 461 g/mol. The van der Waals surface area contributed by atoms with Gasteiger partial charge in [-0.05, 0) is 67.6 Å². The molecule has 34 heavy (non-hydrogen) atoms. The molecule has 0 bridgehead atoms. The first-order valence-corrected chi connectivity index (χ1v) is 12.6. The molecule has 1 aliphatic heterocycles. The summed E-state index contributed by atoms with van der Waals surface area (Å²) in [5, 5.41) is 5.13. The van der Waals surface area contributed by atoms with Gasteiger partial charge in [-0.25, -0.2) is 12.8 Å². The summed E-state index contributed by atoms with van der Waals surface area (Å²) >= 11 is 0. The summed E-state index contributed by atoms with van der Waals surface area (Å²) < 4.78 is 46.5. The van der Waals surface area contributed by atoms with E-state index in [1.165, 1.54) is 16.4 Å². The van der Waals surface area contributed by atoms with Gasteiger partial charge in [-0.2, -0.15) is 4.31 Å². The summed E-state index contributed by atoms with van der Waals surface area (Å²) in [4.78, 5) is 24.4. The van der Waals surface area contributed by atoms with Gasteiger partial charge in [-0.1, -0.05) is 18.6 Å². The lowest BCUT2D eigenvalue weighted by Crippen LogP contribution is -2.46. The highest BCUT2D eigenvalue weighted by Crippen LogP contribution is 2.28. The van der Waals surface area contributed by atoms with Crippen LogP contribution in [0.4, 0.5) is 4.39 Å². The van der Waals surface area contributed by atoms with Crippen molar-refractivity contribution in [1.29, 1.82) is 0 Å². The second-order valence-corrected chi connectivity index (χ2v) is 10.1. The lowest BCUT2D eigenvalue weighted by Gasteiger charge is -2.35. The highest BCUT2D eigenvalue weighted by atomic mass is 32.2. The molecule has 10 heteroatoms. The van der Waals surface area contributed by atoms with Crippen molar-refractivity contribution in [2.45, 2.75) is 50.1 Å². The maximum Gasteiger partial charge on any atom is 0.309 e. The molecule has 2 amide bonds. The fourth-order valence-electron chi connectivity index (χ4n) is 4.09. The maximum atomic E-state index is 13.5. The minimum atomic E-state index is -3.81. The van der Waals surface area contributed by atoms with Gasteiger partial charge in [-0.3, -0.25) is 9.59 Å². The number of carbonyl (C=O) groups is 2. The third-order valence-corrected chi connectivity index (χ3v) is 7.97. The van der Waals surface area contributed by atoms with E-state index in [1.807, 2.05) is 6.07 Å². The van der Waals surface area contributed by atoms with E-state index in [4.69, 9.17) is 4.74 Å². The van der Waals surface area contributed by atoms with Crippen LogP contribution >= 0.6 is 0 Å². The van der Waals surface area contributed by atoms with Gasteiger partial charge in [0, 0.05) is 25.7 Å². The number of halogens is 1. The van der Waals surface area contributed by atoms with Crippen LogP contribution in [0.2, 0.25) is 0 Å². The number of hydrogen-bond donors (Lipinski definition) is 2. The molecule has 0 radical (unpaired) electrons. The van der Waals surface area contributed by atoms with Crippen molar-refractivity contribution in [2.24, 2.45) is 0 Å². The molecule has 0 spiro atoms. The molecule has 1 unspecified atom stereocenters. The Morgan fingerprint density at radius 2 is 1.88 bits per heavy atom. The molecule has 1 aliphatic rings. The number of sulfonamides is 1. The minimum absolute atomic E-state index is 0.0850. The first-order chi connectivity index (χ1) is 16.2. The van der Waals surface area contributed by atoms with E-state index in [9.17, 15) is 22.4 Å². The van der Waals surface area contributed by atoms with E-state index < -0.39 is 27.7 Å². The second-order valence-electron chi connectivity index (χ2n) is 8.25. The number of amides is 2. The van der Waals surface area contributed by atoms with Gasteiger partial charge in [0.15, 0.2) is 0 Å². The second kappa shape index (κ2) is 11.4. The molecule has 3 rings (SSSR count). The standard InChI is InChI=1S/C24H30FN3O5S/c1-17-14-19(25)9-10-22(17)34(31,32)28-13-4-3-7-20(28)11-12-26-23(29)24(30)27-16-18-6-5-8-21(15-18)33-2/h5-6,8-10,14-15,20H,3-4,7,11-13,16H2,1-2H3,(H,26,29)(H,27,30). The number of hydrogen-bond acceptors (Lipinski definition) is 5. The van der Waals surface area contributed by atoms with Gasteiger partial charge in [0.2, 0.25) is 10.0 Å². The molecule has 2 N–H and O–H groups in total. The van der Waals surface area contributed by atoms with Crippen molar-refractivity contribution in [1.82, 2.24) is 14.9 Å². The lowest BCUT2D eigenvalue weighted by atomic mass is 10.0. The summed E-state index contributed by atoms with van der Waals surface area (Å²) in [6.07, 6.45) is 2.62. The number of nitrogens with one attached hydrogen (secondary N) is 2. The third kappa shape index (κ3) is 6.32. The topological polar surface area (TPSA) is 105 Å². The van der Waals surface area contributed by atoms with Gasteiger partial charge in [0.25, 0.3) is 0 Å². The molecule has 0 aliphatic carbocycles. The fraction of sp³-hybridized carbons (Fsp3) is 0.417. The SMILES string of the molecule is COc1cccc(CNC(=O)C(=O)NCCC2CCCCN2S(=O)(=O)c2ccc(F)cc2C)c1. The monoisotopic (exact) mass is 491 g/mol. The van der Waals surface area contributed by atoms with Crippen LogP contribution in [0.1, 0.15) is 36.8 Å². The van der Waals surface area contributed by atoms with E-state index in [0.717, 1.165) is 24.5 Å². The first kappa shape index (κ1) is 25.6. The summed E-state index contributed by atoms with van der Waals surface area (Å²) in [6.45, 7) is 2.26. The first-order valence-electron chi connectivity index (χ1n) is 11.2. The Hall–Kier alpha value is -2.98. The van der Waals surface area contributed by atoms with E-state index >= 15 is 0 Å². The Kier molecular flexibility index (Phi) is 8.62. The van der Waals surface area contributed by atoms with Crippen LogP contribution in [-0.2, 0) is 26.2 Å². The van der Waals surface area contributed by atoms with Crippen LogP contribution in [-0.4, -0.2) is 50.8 Å². The van der Waals surface area contributed by atoms with E-state index in [0.29, 0.717) is 30.7 Å². The van der Waals surface area contributed by atoms with Gasteiger partial charge < -0.3 is 15.4 Å². The van der Waals surface area contributed by atoms with Crippen molar-refractivity contribution in [3.05, 3.63) is 59.4 Å². The number of rotatable bonds is 8. The number of aryl methyl sites for hydroxylation is 1. The van der Waals surface area contributed by atoms with Crippen LogP contribution in [0.3, 0.4) is 0 Å². The van der Waals surface area contributed by atoms with E-state index in [2.05, 4.69) is 10.6 Å². The molecule has 1 fully saturated rings. The van der Waals surface area contributed by atoms with Crippen molar-refractivity contribution >= 4 is 21.8 Å². The summed E-state index contributed by atoms with van der Waals surface area (Å²) in [5.41, 5.74) is 1.14. The number of carbonyl (C=O) groups excluding carboxylic acids is 2. The minimum Gasteiger partial charge on any atom is -0.497 e. The smallest absolute Gasteiger partial charge is 0.309 e. The molecule has 2 aromatic rings. The summed E-state index contributed by atoms with van der Waals surface area (Å²) in [7, 11) is -2.26. The Balaban J connectivity index is 1.54. The Bertz CT molecular complexity index is 1140. The van der Waals surface area contributed by atoms with Crippen molar-refractivity contribution in [2.75, 3.05) is 20.2 Å². The number of benzene rings is 2. The van der Waals surface area contributed by atoms with E-state index in [1.54, 1.807) is 32.2 Å². The zero-order chi connectivity index (χ0) is 24.7. The van der Waals surface area contributed by atoms with E-state index in [-0.39, 0.29) is 24.0 Å². The molecule has 1 saturated heterocycles. The molecular formula is C24H30FN3O5S. The Labute approximate surface area is 199 Å². The fourth-order valence-corrected chi connectivity index (χ4v) is 6.02. The van der Waals surface area contributed by atoms with Gasteiger partial charge in [-0.15, -0.1) is 0 Å². The third-order valence-electron chi connectivity index (χ3n) is 5.85.